The van der Waals surface area contributed by atoms with Crippen LogP contribution in [0.3, 0.4) is 0 Å². The summed E-state index contributed by atoms with van der Waals surface area (Å²) in [5.41, 5.74) is 1.31. The minimum atomic E-state index is 0.723. The Labute approximate surface area is 110 Å². The average molecular weight is 248 g/mol. The molecule has 0 saturated heterocycles. The fourth-order valence-electron chi connectivity index (χ4n) is 2.16. The topological polar surface area (TPSA) is 26.3 Å². The van der Waals surface area contributed by atoms with Gasteiger partial charge >= 0.3 is 0 Å². The van der Waals surface area contributed by atoms with E-state index in [2.05, 4.69) is 12.1 Å². The van der Waals surface area contributed by atoms with Crippen LogP contribution in [-0.2, 0) is 11.2 Å². The van der Waals surface area contributed by atoms with Crippen LogP contribution in [0.4, 0.5) is 0 Å². The number of methoxy groups -OCH3 is 1. The number of aldehydes is 1. The second kappa shape index (κ2) is 9.69. The molecule has 0 saturated carbocycles. The van der Waals surface area contributed by atoms with Crippen molar-refractivity contribution in [2.45, 2.75) is 51.4 Å². The number of hydrogen-bond acceptors (Lipinski definition) is 2. The first kappa shape index (κ1) is 14.7. The van der Waals surface area contributed by atoms with Gasteiger partial charge in [0.25, 0.3) is 0 Å². The molecule has 1 rings (SSSR count). The monoisotopic (exact) mass is 248 g/mol. The molecule has 100 valence electrons. The van der Waals surface area contributed by atoms with E-state index < -0.39 is 0 Å². The number of carbonyl (C=O) groups is 1. The van der Waals surface area contributed by atoms with Crippen molar-refractivity contribution in [3.05, 3.63) is 29.8 Å². The van der Waals surface area contributed by atoms with Crippen LogP contribution in [0.2, 0.25) is 0 Å². The van der Waals surface area contributed by atoms with Crippen molar-refractivity contribution in [1.29, 1.82) is 0 Å². The fraction of sp³-hybridized carbons (Fsp3) is 0.562. The fourth-order valence-corrected chi connectivity index (χ4v) is 2.16. The molecular weight excluding hydrogens is 224 g/mol. The zero-order chi connectivity index (χ0) is 13.1. The number of rotatable bonds is 10. The Bertz CT molecular complexity index is 334. The first-order chi connectivity index (χ1) is 8.88. The van der Waals surface area contributed by atoms with Gasteiger partial charge in [-0.1, -0.05) is 43.9 Å². The van der Waals surface area contributed by atoms with Crippen molar-refractivity contribution in [2.24, 2.45) is 0 Å². The van der Waals surface area contributed by atoms with Crippen molar-refractivity contribution < 1.29 is 9.53 Å². The molecule has 0 N–H and O–H groups in total. The SMILES string of the molecule is COc1ccccc1CCCCCCCCC=O. The molecule has 0 heterocycles. The summed E-state index contributed by atoms with van der Waals surface area (Å²) in [6.07, 6.45) is 10.1. The smallest absolute Gasteiger partial charge is 0.122 e. The Morgan fingerprint density at radius 2 is 1.67 bits per heavy atom. The summed E-state index contributed by atoms with van der Waals surface area (Å²) in [6, 6.07) is 8.24. The lowest BCUT2D eigenvalue weighted by Crippen LogP contribution is -1.92. The van der Waals surface area contributed by atoms with Crippen molar-refractivity contribution in [1.82, 2.24) is 0 Å². The zero-order valence-electron chi connectivity index (χ0n) is 11.4. The number of carbonyl (C=O) groups excluding carboxylic acids is 1. The molecule has 1 aromatic carbocycles. The Kier molecular flexibility index (Phi) is 7.94. The molecule has 0 aliphatic heterocycles. The highest BCUT2D eigenvalue weighted by Gasteiger charge is 2.00. The van der Waals surface area contributed by atoms with Gasteiger partial charge in [0, 0.05) is 6.42 Å². The largest absolute Gasteiger partial charge is 0.496 e. The Balaban J connectivity index is 2.08. The van der Waals surface area contributed by atoms with Crippen LogP contribution >= 0.6 is 0 Å². The van der Waals surface area contributed by atoms with Crippen molar-refractivity contribution in [3.63, 3.8) is 0 Å². The Hall–Kier alpha value is -1.31. The third kappa shape index (κ3) is 5.85. The molecule has 0 amide bonds. The van der Waals surface area contributed by atoms with Crippen LogP contribution in [0.1, 0.15) is 50.5 Å². The van der Waals surface area contributed by atoms with Gasteiger partial charge in [-0.05, 0) is 30.9 Å². The molecule has 0 fully saturated rings. The van der Waals surface area contributed by atoms with Gasteiger partial charge in [0.2, 0.25) is 0 Å². The lowest BCUT2D eigenvalue weighted by Gasteiger charge is -2.07. The van der Waals surface area contributed by atoms with Gasteiger partial charge < -0.3 is 9.53 Å². The van der Waals surface area contributed by atoms with E-state index >= 15 is 0 Å². The summed E-state index contributed by atoms with van der Waals surface area (Å²) in [6.45, 7) is 0. The summed E-state index contributed by atoms with van der Waals surface area (Å²) in [7, 11) is 1.73. The number of hydrogen-bond donors (Lipinski definition) is 0. The van der Waals surface area contributed by atoms with Gasteiger partial charge in [-0.2, -0.15) is 0 Å². The van der Waals surface area contributed by atoms with Crippen LogP contribution in [0, 0.1) is 0 Å². The molecule has 0 radical (unpaired) electrons. The van der Waals surface area contributed by atoms with Crippen LogP contribution in [0.15, 0.2) is 24.3 Å². The summed E-state index contributed by atoms with van der Waals surface area (Å²) in [5, 5.41) is 0. The molecule has 0 atom stereocenters. The van der Waals surface area contributed by atoms with Gasteiger partial charge in [-0.25, -0.2) is 0 Å². The summed E-state index contributed by atoms with van der Waals surface area (Å²) in [5.74, 6) is 1.00. The lowest BCUT2D eigenvalue weighted by atomic mass is 10.0. The number of unbranched alkanes of at least 4 members (excludes halogenated alkanes) is 6. The summed E-state index contributed by atoms with van der Waals surface area (Å²) < 4.78 is 5.33. The molecule has 1 aromatic rings. The molecule has 0 bridgehead atoms. The highest BCUT2D eigenvalue weighted by Crippen LogP contribution is 2.20. The standard InChI is InChI=1S/C16H24O2/c1-18-16-13-9-8-12-15(16)11-7-5-3-2-4-6-10-14-17/h8-9,12-14H,2-7,10-11H2,1H3. The molecule has 2 heteroatoms. The Morgan fingerprint density at radius 1 is 1.00 bits per heavy atom. The number of ether oxygens (including phenoxy) is 1. The van der Waals surface area contributed by atoms with Gasteiger partial charge in [0.15, 0.2) is 0 Å². The predicted molar refractivity (Wildman–Crippen MR) is 75.1 cm³/mol. The molecule has 0 aliphatic rings. The Morgan fingerprint density at radius 3 is 2.39 bits per heavy atom. The van der Waals surface area contributed by atoms with Gasteiger partial charge in [-0.15, -0.1) is 0 Å². The van der Waals surface area contributed by atoms with Crippen LogP contribution < -0.4 is 4.74 Å². The lowest BCUT2D eigenvalue weighted by molar-refractivity contribution is -0.107. The second-order valence-corrected chi connectivity index (χ2v) is 4.64. The number of para-hydroxylation sites is 1. The molecular formula is C16H24O2. The maximum atomic E-state index is 10.1. The first-order valence-electron chi connectivity index (χ1n) is 6.94. The molecule has 2 nitrogen and oxygen atoms in total. The van der Waals surface area contributed by atoms with Crippen molar-refractivity contribution in [2.75, 3.05) is 7.11 Å². The number of benzene rings is 1. The van der Waals surface area contributed by atoms with Gasteiger partial charge in [-0.3, -0.25) is 0 Å². The quantitative estimate of drug-likeness (QED) is 0.459. The molecule has 18 heavy (non-hydrogen) atoms. The third-order valence-electron chi connectivity index (χ3n) is 3.21. The molecule has 0 aromatic heterocycles. The van der Waals surface area contributed by atoms with E-state index in [0.29, 0.717) is 0 Å². The van der Waals surface area contributed by atoms with E-state index in [1.54, 1.807) is 7.11 Å². The van der Waals surface area contributed by atoms with Crippen LogP contribution in [0.5, 0.6) is 5.75 Å². The summed E-state index contributed by atoms with van der Waals surface area (Å²) in [4.78, 5) is 10.1. The molecule has 0 spiro atoms. The predicted octanol–water partition coefficient (Wildman–Crippen LogP) is 4.17. The first-order valence-corrected chi connectivity index (χ1v) is 6.94. The minimum Gasteiger partial charge on any atom is -0.496 e. The maximum absolute atomic E-state index is 10.1. The van der Waals surface area contributed by atoms with E-state index in [1.165, 1.54) is 37.7 Å². The van der Waals surface area contributed by atoms with E-state index in [-0.39, 0.29) is 0 Å². The second-order valence-electron chi connectivity index (χ2n) is 4.64. The van der Waals surface area contributed by atoms with E-state index in [1.807, 2.05) is 12.1 Å². The average Bonchev–Trinajstić information content (AvgIpc) is 2.42. The van der Waals surface area contributed by atoms with Crippen molar-refractivity contribution >= 4 is 6.29 Å². The molecule has 0 aliphatic carbocycles. The van der Waals surface area contributed by atoms with Gasteiger partial charge in [0.05, 0.1) is 7.11 Å². The van der Waals surface area contributed by atoms with Crippen molar-refractivity contribution in [3.8, 4) is 5.75 Å². The normalized spacial score (nSPS) is 10.3. The van der Waals surface area contributed by atoms with Crippen LogP contribution in [0.25, 0.3) is 0 Å². The van der Waals surface area contributed by atoms with Gasteiger partial charge in [0.1, 0.15) is 12.0 Å². The zero-order valence-corrected chi connectivity index (χ0v) is 11.4. The summed E-state index contributed by atoms with van der Waals surface area (Å²) >= 11 is 0. The van der Waals surface area contributed by atoms with E-state index in [0.717, 1.165) is 31.3 Å². The van der Waals surface area contributed by atoms with E-state index in [9.17, 15) is 4.79 Å². The minimum absolute atomic E-state index is 0.723. The molecule has 0 unspecified atom stereocenters. The highest BCUT2D eigenvalue weighted by atomic mass is 16.5. The van der Waals surface area contributed by atoms with E-state index in [4.69, 9.17) is 4.74 Å². The maximum Gasteiger partial charge on any atom is 0.122 e. The third-order valence-corrected chi connectivity index (χ3v) is 3.21. The van der Waals surface area contributed by atoms with Crippen LogP contribution in [-0.4, -0.2) is 13.4 Å². The number of aryl methyl sites for hydroxylation is 1. The highest BCUT2D eigenvalue weighted by molar-refractivity contribution is 5.48.